The Morgan fingerprint density at radius 2 is 2.14 bits per heavy atom. The number of benzene rings is 1. The molecule has 1 amide bonds. The molecule has 2 heterocycles. The number of nitrogens with zero attached hydrogens (tertiary/aromatic N) is 3. The Bertz CT molecular complexity index is 645. The minimum Gasteiger partial charge on any atom is -0.345 e. The summed E-state index contributed by atoms with van der Waals surface area (Å²) in [5.74, 6) is 1.89. The highest BCUT2D eigenvalue weighted by molar-refractivity contribution is 5.78. The summed E-state index contributed by atoms with van der Waals surface area (Å²) in [6, 6.07) is 8.20. The Morgan fingerprint density at radius 1 is 1.36 bits per heavy atom. The van der Waals surface area contributed by atoms with Crippen LogP contribution in [0.1, 0.15) is 23.4 Å². The molecule has 1 atom stereocenters. The highest BCUT2D eigenvalue weighted by Gasteiger charge is 2.21. The number of fused-ring (bicyclic) bond motifs is 1. The lowest BCUT2D eigenvalue weighted by Gasteiger charge is -2.28. The molecule has 1 aliphatic rings. The van der Waals surface area contributed by atoms with Crippen molar-refractivity contribution in [3.63, 3.8) is 0 Å². The summed E-state index contributed by atoms with van der Waals surface area (Å²) in [5, 5.41) is 0. The zero-order valence-electron chi connectivity index (χ0n) is 13.3. The number of likely N-dealkylation sites (N-methyl/N-ethyl adjacent to an activating group) is 1. The van der Waals surface area contributed by atoms with Gasteiger partial charge in [0, 0.05) is 39.0 Å². The number of carbonyl (C=O) groups excluding carboxylic acids is 1. The van der Waals surface area contributed by atoms with Gasteiger partial charge in [-0.2, -0.15) is 0 Å². The normalized spacial score (nSPS) is 17.1. The van der Waals surface area contributed by atoms with Crippen LogP contribution in [-0.4, -0.2) is 34.0 Å². The van der Waals surface area contributed by atoms with Crippen LogP contribution in [0.4, 0.5) is 0 Å². The fourth-order valence-corrected chi connectivity index (χ4v) is 3.09. The third kappa shape index (κ3) is 3.38. The van der Waals surface area contributed by atoms with Crippen molar-refractivity contribution in [2.75, 3.05) is 13.6 Å². The third-order valence-electron chi connectivity index (χ3n) is 4.47. The zero-order valence-corrected chi connectivity index (χ0v) is 13.3. The lowest BCUT2D eigenvalue weighted by atomic mass is 9.98. The van der Waals surface area contributed by atoms with Crippen LogP contribution < -0.4 is 0 Å². The van der Waals surface area contributed by atoms with Gasteiger partial charge >= 0.3 is 0 Å². The Balaban J connectivity index is 1.54. The molecule has 116 valence electrons. The van der Waals surface area contributed by atoms with Crippen molar-refractivity contribution in [2.24, 2.45) is 5.92 Å². The summed E-state index contributed by atoms with van der Waals surface area (Å²) >= 11 is 0. The molecule has 0 unspecified atom stereocenters. The van der Waals surface area contributed by atoms with Gasteiger partial charge in [0.2, 0.25) is 5.91 Å². The molecule has 1 aromatic heterocycles. The van der Waals surface area contributed by atoms with Gasteiger partial charge in [-0.1, -0.05) is 29.8 Å². The minimum absolute atomic E-state index is 0.195. The number of aryl methyl sites for hydroxylation is 2. The van der Waals surface area contributed by atoms with Crippen LogP contribution in [0.5, 0.6) is 0 Å². The molecule has 22 heavy (non-hydrogen) atoms. The summed E-state index contributed by atoms with van der Waals surface area (Å²) in [7, 11) is 1.92. The van der Waals surface area contributed by atoms with Crippen LogP contribution in [0, 0.1) is 12.8 Å². The number of aromatic nitrogens is 2. The molecule has 0 saturated carbocycles. The van der Waals surface area contributed by atoms with E-state index in [1.54, 1.807) is 0 Å². The maximum atomic E-state index is 12.4. The van der Waals surface area contributed by atoms with Gasteiger partial charge in [0.25, 0.3) is 0 Å². The van der Waals surface area contributed by atoms with Crippen molar-refractivity contribution in [2.45, 2.75) is 32.7 Å². The molecule has 0 fully saturated rings. The maximum Gasteiger partial charge on any atom is 0.226 e. The summed E-state index contributed by atoms with van der Waals surface area (Å²) < 4.78 is 2.21. The molecule has 0 N–H and O–H groups in total. The van der Waals surface area contributed by atoms with Crippen LogP contribution >= 0.6 is 0 Å². The van der Waals surface area contributed by atoms with Gasteiger partial charge in [-0.3, -0.25) is 4.79 Å². The minimum atomic E-state index is 0.195. The van der Waals surface area contributed by atoms with Gasteiger partial charge in [0.15, 0.2) is 0 Å². The molecule has 1 aliphatic heterocycles. The number of carbonyl (C=O) groups is 1. The standard InChI is InChI=1S/C18H23N3O/c1-14-3-5-15(6-4-14)11-18(22)20(2)12-16-7-8-17-19-9-10-21(17)13-16/h3-6,9-10,16H,7-8,11-13H2,1-2H3/t16-/m0/s1. The van der Waals surface area contributed by atoms with E-state index in [9.17, 15) is 4.79 Å². The predicted molar refractivity (Wildman–Crippen MR) is 86.6 cm³/mol. The smallest absolute Gasteiger partial charge is 0.226 e. The first-order chi connectivity index (χ1) is 10.6. The van der Waals surface area contributed by atoms with E-state index in [4.69, 9.17) is 0 Å². The fourth-order valence-electron chi connectivity index (χ4n) is 3.09. The number of hydrogen-bond donors (Lipinski definition) is 0. The van der Waals surface area contributed by atoms with E-state index in [0.29, 0.717) is 12.3 Å². The van der Waals surface area contributed by atoms with E-state index >= 15 is 0 Å². The molecule has 2 aromatic rings. The highest BCUT2D eigenvalue weighted by atomic mass is 16.2. The second kappa shape index (κ2) is 6.34. The Labute approximate surface area is 131 Å². The zero-order chi connectivity index (χ0) is 15.5. The van der Waals surface area contributed by atoms with Crippen molar-refractivity contribution in [1.29, 1.82) is 0 Å². The average molecular weight is 297 g/mol. The molecule has 4 heteroatoms. The number of rotatable bonds is 4. The Kier molecular flexibility index (Phi) is 4.27. The van der Waals surface area contributed by atoms with E-state index in [0.717, 1.165) is 31.5 Å². The van der Waals surface area contributed by atoms with Gasteiger partial charge in [0.05, 0.1) is 6.42 Å². The first kappa shape index (κ1) is 14.8. The van der Waals surface area contributed by atoms with Gasteiger partial charge in [-0.05, 0) is 24.8 Å². The molecule has 0 saturated heterocycles. The van der Waals surface area contributed by atoms with Crippen LogP contribution in [0.3, 0.4) is 0 Å². The Hall–Kier alpha value is -2.10. The third-order valence-corrected chi connectivity index (χ3v) is 4.47. The molecule has 0 bridgehead atoms. The van der Waals surface area contributed by atoms with Crippen molar-refractivity contribution in [1.82, 2.24) is 14.5 Å². The molecule has 0 aliphatic carbocycles. The van der Waals surface area contributed by atoms with Gasteiger partial charge in [-0.25, -0.2) is 4.98 Å². The predicted octanol–water partition coefficient (Wildman–Crippen LogP) is 2.46. The Morgan fingerprint density at radius 3 is 2.91 bits per heavy atom. The van der Waals surface area contributed by atoms with Gasteiger partial charge < -0.3 is 9.47 Å². The molecule has 0 radical (unpaired) electrons. The number of hydrogen-bond acceptors (Lipinski definition) is 2. The molecule has 1 aromatic carbocycles. The monoisotopic (exact) mass is 297 g/mol. The second-order valence-corrected chi connectivity index (χ2v) is 6.34. The quantitative estimate of drug-likeness (QED) is 0.869. The van der Waals surface area contributed by atoms with Gasteiger partial charge in [-0.15, -0.1) is 0 Å². The second-order valence-electron chi connectivity index (χ2n) is 6.34. The molecule has 3 rings (SSSR count). The van der Waals surface area contributed by atoms with Crippen LogP contribution in [-0.2, 0) is 24.2 Å². The van der Waals surface area contributed by atoms with Crippen LogP contribution in [0.25, 0.3) is 0 Å². The fraction of sp³-hybridized carbons (Fsp3) is 0.444. The summed E-state index contributed by atoms with van der Waals surface area (Å²) in [6.45, 7) is 3.85. The van der Waals surface area contributed by atoms with E-state index in [1.165, 1.54) is 11.4 Å². The SMILES string of the molecule is Cc1ccc(CC(=O)N(C)C[C@@H]2CCc3nccn3C2)cc1. The topological polar surface area (TPSA) is 38.1 Å². The van der Waals surface area contributed by atoms with Crippen LogP contribution in [0.2, 0.25) is 0 Å². The van der Waals surface area contributed by atoms with Crippen molar-refractivity contribution in [3.8, 4) is 0 Å². The lowest BCUT2D eigenvalue weighted by Crippen LogP contribution is -2.36. The average Bonchev–Trinajstić information content (AvgIpc) is 2.97. The van der Waals surface area contributed by atoms with Crippen molar-refractivity contribution >= 4 is 5.91 Å². The molecular weight excluding hydrogens is 274 g/mol. The summed E-state index contributed by atoms with van der Waals surface area (Å²) in [5.41, 5.74) is 2.31. The maximum absolute atomic E-state index is 12.4. The van der Waals surface area contributed by atoms with Crippen molar-refractivity contribution < 1.29 is 4.79 Å². The van der Waals surface area contributed by atoms with Crippen molar-refractivity contribution in [3.05, 3.63) is 53.6 Å². The number of imidazole rings is 1. The molecular formula is C18H23N3O. The summed E-state index contributed by atoms with van der Waals surface area (Å²) in [6.07, 6.45) is 6.51. The first-order valence-electron chi connectivity index (χ1n) is 7.91. The first-order valence-corrected chi connectivity index (χ1v) is 7.91. The largest absolute Gasteiger partial charge is 0.345 e. The van der Waals surface area contributed by atoms with E-state index in [2.05, 4.69) is 28.6 Å². The number of amides is 1. The van der Waals surface area contributed by atoms with Crippen LogP contribution in [0.15, 0.2) is 36.7 Å². The molecule has 0 spiro atoms. The van der Waals surface area contributed by atoms with E-state index < -0.39 is 0 Å². The van der Waals surface area contributed by atoms with E-state index in [1.807, 2.05) is 36.5 Å². The summed E-state index contributed by atoms with van der Waals surface area (Å²) in [4.78, 5) is 18.6. The highest BCUT2D eigenvalue weighted by Crippen LogP contribution is 2.19. The van der Waals surface area contributed by atoms with Gasteiger partial charge in [0.1, 0.15) is 5.82 Å². The lowest BCUT2D eigenvalue weighted by molar-refractivity contribution is -0.129. The molecule has 4 nitrogen and oxygen atoms in total. The van der Waals surface area contributed by atoms with E-state index in [-0.39, 0.29) is 5.91 Å².